The number of carbonyl (C=O) groups is 2. The molecular weight excluding hydrogens is 446 g/mol. The van der Waals surface area contributed by atoms with Crippen molar-refractivity contribution in [3.63, 3.8) is 0 Å². The Balaban J connectivity index is 1.65. The molecule has 0 spiro atoms. The Bertz CT molecular complexity index is 1660. The van der Waals surface area contributed by atoms with Gasteiger partial charge in [0.15, 0.2) is 0 Å². The molecule has 5 nitrogen and oxygen atoms in total. The molecule has 0 radical (unpaired) electrons. The van der Waals surface area contributed by atoms with Gasteiger partial charge in [-0.25, -0.2) is 0 Å². The molecule has 2 heterocycles. The average Bonchev–Trinajstić information content (AvgIpc) is 3.34. The molecule has 6 rings (SSSR count). The van der Waals surface area contributed by atoms with Crippen LogP contribution in [0.25, 0.3) is 32.9 Å². The van der Waals surface area contributed by atoms with Crippen LogP contribution in [0, 0.1) is 0 Å². The second kappa shape index (κ2) is 8.38. The van der Waals surface area contributed by atoms with Crippen LogP contribution in [0.5, 0.6) is 0 Å². The Morgan fingerprint density at radius 2 is 1.56 bits per heavy atom. The van der Waals surface area contributed by atoms with E-state index in [2.05, 4.69) is 60.1 Å². The molecule has 0 fully saturated rings. The van der Waals surface area contributed by atoms with Crippen LogP contribution >= 0.6 is 0 Å². The highest BCUT2D eigenvalue weighted by molar-refractivity contribution is 6.04. The van der Waals surface area contributed by atoms with E-state index in [1.807, 2.05) is 42.5 Å². The van der Waals surface area contributed by atoms with Crippen LogP contribution < -0.4 is 0 Å². The number of fused-ring (bicyclic) bond motifs is 3. The van der Waals surface area contributed by atoms with E-state index in [0.717, 1.165) is 38.7 Å². The first-order valence-electron chi connectivity index (χ1n) is 12.1. The zero-order chi connectivity index (χ0) is 25.0. The van der Waals surface area contributed by atoms with Crippen molar-refractivity contribution in [3.05, 3.63) is 108 Å². The number of hydrogen-bond donors (Lipinski definition) is 0. The van der Waals surface area contributed by atoms with Crippen molar-refractivity contribution in [1.29, 1.82) is 0 Å². The summed E-state index contributed by atoms with van der Waals surface area (Å²) in [6.07, 6.45) is 0. The fourth-order valence-corrected chi connectivity index (χ4v) is 5.52. The van der Waals surface area contributed by atoms with Crippen LogP contribution in [0.15, 0.2) is 91.0 Å². The van der Waals surface area contributed by atoms with E-state index in [1.165, 1.54) is 5.39 Å². The van der Waals surface area contributed by atoms with Crippen molar-refractivity contribution in [2.24, 2.45) is 7.05 Å². The molecule has 5 aromatic rings. The van der Waals surface area contributed by atoms with E-state index >= 15 is 0 Å². The van der Waals surface area contributed by atoms with Gasteiger partial charge in [-0.2, -0.15) is 0 Å². The predicted molar refractivity (Wildman–Crippen MR) is 144 cm³/mol. The number of likely N-dealkylation sites (N-methyl/N-ethyl adjacent to an activating group) is 1. The molecule has 0 bridgehead atoms. The Morgan fingerprint density at radius 1 is 0.861 bits per heavy atom. The van der Waals surface area contributed by atoms with E-state index in [-0.39, 0.29) is 24.4 Å². The summed E-state index contributed by atoms with van der Waals surface area (Å²) in [4.78, 5) is 29.8. The van der Waals surface area contributed by atoms with Gasteiger partial charge < -0.3 is 14.4 Å². The summed E-state index contributed by atoms with van der Waals surface area (Å²) < 4.78 is 2.21. The van der Waals surface area contributed by atoms with Gasteiger partial charge in [0.25, 0.3) is 5.91 Å². The van der Waals surface area contributed by atoms with Gasteiger partial charge >= 0.3 is 0 Å². The fraction of sp³-hybridized carbons (Fsp3) is 0.161. The molecule has 1 atom stereocenters. The smallest absolute Gasteiger partial charge is 0.255 e. The molecule has 4 aromatic carbocycles. The molecule has 1 unspecified atom stereocenters. The summed E-state index contributed by atoms with van der Waals surface area (Å²) in [5.74, 6) is -0.211. The first-order chi connectivity index (χ1) is 17.5. The van der Waals surface area contributed by atoms with E-state index in [0.29, 0.717) is 5.56 Å². The molecule has 0 saturated heterocycles. The monoisotopic (exact) mass is 473 g/mol. The summed E-state index contributed by atoms with van der Waals surface area (Å²) in [5, 5.41) is 3.43. The molecule has 2 amide bonds. The Labute approximate surface area is 210 Å². The van der Waals surface area contributed by atoms with Crippen molar-refractivity contribution < 1.29 is 9.59 Å². The number of aryl methyl sites for hydroxylation is 1. The lowest BCUT2D eigenvalue weighted by Gasteiger charge is -2.27. The van der Waals surface area contributed by atoms with Crippen molar-refractivity contribution >= 4 is 33.5 Å². The minimum atomic E-state index is -0.370. The average molecular weight is 474 g/mol. The Kier molecular flexibility index (Phi) is 5.15. The maximum Gasteiger partial charge on any atom is 0.255 e. The molecule has 36 heavy (non-hydrogen) atoms. The van der Waals surface area contributed by atoms with Crippen LogP contribution in [0.3, 0.4) is 0 Å². The largest absolute Gasteiger partial charge is 0.347 e. The third kappa shape index (κ3) is 3.31. The van der Waals surface area contributed by atoms with Gasteiger partial charge in [-0.3, -0.25) is 9.59 Å². The molecule has 0 saturated carbocycles. The zero-order valence-corrected chi connectivity index (χ0v) is 20.6. The molecule has 1 aliphatic rings. The maximum absolute atomic E-state index is 13.7. The number of benzene rings is 4. The maximum atomic E-state index is 13.7. The fourth-order valence-electron chi connectivity index (χ4n) is 5.52. The lowest BCUT2D eigenvalue weighted by molar-refractivity contribution is -0.129. The van der Waals surface area contributed by atoms with Gasteiger partial charge in [0.1, 0.15) is 6.54 Å². The van der Waals surface area contributed by atoms with Gasteiger partial charge in [-0.15, -0.1) is 0 Å². The molecule has 178 valence electrons. The molecule has 0 N–H and O–H groups in total. The van der Waals surface area contributed by atoms with Gasteiger partial charge in [0.05, 0.1) is 11.7 Å². The molecule has 1 aromatic heterocycles. The zero-order valence-electron chi connectivity index (χ0n) is 20.6. The van der Waals surface area contributed by atoms with Crippen molar-refractivity contribution in [1.82, 2.24) is 14.4 Å². The van der Waals surface area contributed by atoms with Gasteiger partial charge in [-0.1, -0.05) is 72.8 Å². The number of para-hydroxylation sites is 1. The highest BCUT2D eigenvalue weighted by Crippen LogP contribution is 2.46. The third-order valence-electron chi connectivity index (χ3n) is 7.31. The second-order valence-corrected chi connectivity index (χ2v) is 9.61. The lowest BCUT2D eigenvalue weighted by atomic mass is 9.92. The standard InChI is InChI=1S/C31H27N3O2/c1-32(2)27(35)19-34-30(23-12-6-7-13-24(23)31(34)36)28-25-14-8-9-15-26(25)33(3)29(28)22-17-16-20-10-4-5-11-21(20)18-22/h4-18,30H,19H2,1-3H3. The molecule has 5 heteroatoms. The molecule has 0 aliphatic carbocycles. The Hall–Kier alpha value is -4.38. The Morgan fingerprint density at radius 3 is 2.36 bits per heavy atom. The lowest BCUT2D eigenvalue weighted by Crippen LogP contribution is -2.39. The minimum Gasteiger partial charge on any atom is -0.347 e. The second-order valence-electron chi connectivity index (χ2n) is 9.61. The topological polar surface area (TPSA) is 45.6 Å². The molecule has 1 aliphatic heterocycles. The number of hydrogen-bond acceptors (Lipinski definition) is 2. The van der Waals surface area contributed by atoms with Crippen molar-refractivity contribution in [2.75, 3.05) is 20.6 Å². The van der Waals surface area contributed by atoms with E-state index in [1.54, 1.807) is 23.9 Å². The summed E-state index contributed by atoms with van der Waals surface area (Å²) in [6, 6.07) is 30.5. The number of nitrogens with zero attached hydrogens (tertiary/aromatic N) is 3. The van der Waals surface area contributed by atoms with Crippen LogP contribution in [0.2, 0.25) is 0 Å². The van der Waals surface area contributed by atoms with E-state index < -0.39 is 0 Å². The van der Waals surface area contributed by atoms with E-state index in [9.17, 15) is 9.59 Å². The first kappa shape index (κ1) is 22.1. The van der Waals surface area contributed by atoms with Crippen molar-refractivity contribution in [3.8, 4) is 11.3 Å². The van der Waals surface area contributed by atoms with E-state index in [4.69, 9.17) is 0 Å². The van der Waals surface area contributed by atoms with Crippen LogP contribution in [-0.2, 0) is 11.8 Å². The number of rotatable bonds is 4. The van der Waals surface area contributed by atoms with Gasteiger partial charge in [0.2, 0.25) is 5.91 Å². The predicted octanol–water partition coefficient (Wildman–Crippen LogP) is 5.63. The minimum absolute atomic E-state index is 0.0194. The van der Waals surface area contributed by atoms with Crippen LogP contribution in [-0.4, -0.2) is 46.8 Å². The number of aromatic nitrogens is 1. The number of amides is 2. The summed E-state index contributed by atoms with van der Waals surface area (Å²) in [5.41, 5.74) is 5.87. The molecular formula is C31H27N3O2. The van der Waals surface area contributed by atoms with Crippen LogP contribution in [0.4, 0.5) is 0 Å². The normalized spacial score (nSPS) is 15.0. The van der Waals surface area contributed by atoms with Gasteiger partial charge in [0, 0.05) is 43.2 Å². The number of carbonyl (C=O) groups excluding carboxylic acids is 2. The van der Waals surface area contributed by atoms with Crippen molar-refractivity contribution in [2.45, 2.75) is 6.04 Å². The summed E-state index contributed by atoms with van der Waals surface area (Å²) >= 11 is 0. The summed E-state index contributed by atoms with van der Waals surface area (Å²) in [6.45, 7) is 0.0194. The quantitative estimate of drug-likeness (QED) is 0.340. The first-order valence-corrected chi connectivity index (χ1v) is 12.1. The van der Waals surface area contributed by atoms with Gasteiger partial charge in [-0.05, 0) is 40.1 Å². The highest BCUT2D eigenvalue weighted by atomic mass is 16.2. The van der Waals surface area contributed by atoms with Crippen LogP contribution in [0.1, 0.15) is 27.5 Å². The summed E-state index contributed by atoms with van der Waals surface area (Å²) in [7, 11) is 5.53. The third-order valence-corrected chi connectivity index (χ3v) is 7.31. The SMILES string of the molecule is CN(C)C(=O)CN1C(=O)c2ccccc2C1c1c(-c2ccc3ccccc3c2)n(C)c2ccccc12. The highest BCUT2D eigenvalue weighted by Gasteiger charge is 2.41.